The van der Waals surface area contributed by atoms with Crippen LogP contribution in [0.4, 0.5) is 0 Å². The molecule has 1 nitrogen and oxygen atoms in total. The molecule has 5 rings (SSSR count). The van der Waals surface area contributed by atoms with Gasteiger partial charge in [0, 0.05) is 5.75 Å². The molecule has 0 heterocycles. The fourth-order valence-electron chi connectivity index (χ4n) is 5.62. The van der Waals surface area contributed by atoms with Crippen molar-refractivity contribution in [3.05, 3.63) is 29.8 Å². The summed E-state index contributed by atoms with van der Waals surface area (Å²) < 4.78 is 5.65. The Labute approximate surface area is 185 Å². The standard InChI is InChI=1S/C18H23O.BrH.ClH.Li.Mg/c1-18(16-5-3-4-6-17(16)19-2)14-8-12-7-13(10-14)11-15(18)9-12;;;;/h4-6,12-15H,7-11H2,1-2H3;2*1H;;/q-1;;;+1;+2/p-2. The van der Waals surface area contributed by atoms with Crippen molar-refractivity contribution in [1.29, 1.82) is 0 Å². The molecule has 118 valence electrons. The molecule has 0 spiro atoms. The van der Waals surface area contributed by atoms with E-state index in [1.165, 1.54) is 37.7 Å². The summed E-state index contributed by atoms with van der Waals surface area (Å²) in [6, 6.07) is 9.55. The van der Waals surface area contributed by atoms with Crippen LogP contribution in [-0.4, -0.2) is 30.2 Å². The quantitative estimate of drug-likeness (QED) is 0.356. The van der Waals surface area contributed by atoms with Crippen molar-refractivity contribution in [3.63, 3.8) is 0 Å². The Hall–Kier alpha value is 1.15. The van der Waals surface area contributed by atoms with Gasteiger partial charge in [-0.15, -0.1) is 11.6 Å². The van der Waals surface area contributed by atoms with E-state index in [0.717, 1.165) is 29.4 Å². The van der Waals surface area contributed by atoms with E-state index in [4.69, 9.17) is 4.74 Å². The largest absolute Gasteiger partial charge is 2.00 e. The average molecular weight is 402 g/mol. The molecule has 0 N–H and O–H groups in total. The topological polar surface area (TPSA) is 9.23 Å². The van der Waals surface area contributed by atoms with E-state index in [1.54, 1.807) is 7.11 Å². The maximum Gasteiger partial charge on any atom is 2.00 e. The van der Waals surface area contributed by atoms with Crippen LogP contribution in [0.25, 0.3) is 0 Å². The van der Waals surface area contributed by atoms with E-state index < -0.39 is 0 Å². The van der Waals surface area contributed by atoms with Crippen LogP contribution in [0.2, 0.25) is 0 Å². The Morgan fingerprint density at radius 1 is 1.09 bits per heavy atom. The first kappa shape index (κ1) is 24.2. The summed E-state index contributed by atoms with van der Waals surface area (Å²) in [5.74, 6) is 4.86. The molecule has 0 aliphatic heterocycles. The van der Waals surface area contributed by atoms with Crippen LogP contribution in [0.3, 0.4) is 0 Å². The molecule has 4 bridgehead atoms. The minimum Gasteiger partial charge on any atom is -1.00 e. The van der Waals surface area contributed by atoms with Gasteiger partial charge in [0.25, 0.3) is 0 Å². The third kappa shape index (κ3) is 3.81. The second kappa shape index (κ2) is 9.20. The van der Waals surface area contributed by atoms with Crippen LogP contribution >= 0.6 is 0 Å². The Bertz CT molecular complexity index is 486. The molecule has 4 fully saturated rings. The summed E-state index contributed by atoms with van der Waals surface area (Å²) in [4.78, 5) is 0. The number of benzene rings is 1. The minimum atomic E-state index is 0. The molecular formula is C18H23BrClLiMgO. The van der Waals surface area contributed by atoms with Gasteiger partial charge >= 0.3 is 41.9 Å². The zero-order valence-corrected chi connectivity index (χ0v) is 18.2. The molecule has 0 saturated heterocycles. The molecule has 0 radical (unpaired) electrons. The Kier molecular flexibility index (Phi) is 9.66. The fourth-order valence-corrected chi connectivity index (χ4v) is 5.62. The van der Waals surface area contributed by atoms with E-state index in [2.05, 4.69) is 25.1 Å². The van der Waals surface area contributed by atoms with E-state index in [1.807, 2.05) is 6.07 Å². The summed E-state index contributed by atoms with van der Waals surface area (Å²) in [5.41, 5.74) is 1.75. The molecule has 5 heteroatoms. The number of ether oxygens (including phenoxy) is 1. The van der Waals surface area contributed by atoms with Crippen LogP contribution in [0.1, 0.15) is 44.6 Å². The Balaban J connectivity index is 0.00000121. The molecule has 4 aliphatic carbocycles. The van der Waals surface area contributed by atoms with E-state index in [0.29, 0.717) is 5.41 Å². The van der Waals surface area contributed by atoms with E-state index >= 15 is 0 Å². The van der Waals surface area contributed by atoms with Gasteiger partial charge in [-0.3, -0.25) is 0 Å². The van der Waals surface area contributed by atoms with Crippen molar-refractivity contribution in [1.82, 2.24) is 0 Å². The number of hydrogen-bond acceptors (Lipinski definition) is 1. The summed E-state index contributed by atoms with van der Waals surface area (Å²) in [6.45, 7) is 2.51. The fraction of sp³-hybridized carbons (Fsp3) is 0.667. The predicted molar refractivity (Wildman–Crippen MR) is 82.0 cm³/mol. The monoisotopic (exact) mass is 400 g/mol. The maximum absolute atomic E-state index is 5.65. The number of rotatable bonds is 2. The van der Waals surface area contributed by atoms with E-state index in [9.17, 15) is 0 Å². The average Bonchev–Trinajstić information content (AvgIpc) is 2.43. The molecular weight excluding hydrogens is 379 g/mol. The normalized spacial score (nSPS) is 35.9. The van der Waals surface area contributed by atoms with Crippen LogP contribution in [-0.2, 0) is 5.41 Å². The molecule has 4 saturated carbocycles. The van der Waals surface area contributed by atoms with Crippen molar-refractivity contribution in [3.8, 4) is 5.75 Å². The molecule has 0 aromatic heterocycles. The van der Waals surface area contributed by atoms with Crippen molar-refractivity contribution in [2.75, 3.05) is 7.11 Å². The Morgan fingerprint density at radius 2 is 1.61 bits per heavy atom. The molecule has 4 aliphatic rings. The van der Waals surface area contributed by atoms with Crippen LogP contribution in [0.5, 0.6) is 5.75 Å². The van der Waals surface area contributed by atoms with Gasteiger partial charge in [0.05, 0.1) is 7.11 Å². The van der Waals surface area contributed by atoms with Crippen molar-refractivity contribution in [2.45, 2.75) is 44.4 Å². The van der Waals surface area contributed by atoms with Gasteiger partial charge in [-0.25, -0.2) is 0 Å². The van der Waals surface area contributed by atoms with Crippen molar-refractivity contribution >= 4 is 23.1 Å². The third-order valence-corrected chi connectivity index (χ3v) is 6.46. The first-order valence-electron chi connectivity index (χ1n) is 7.76. The molecule has 0 atom stereocenters. The van der Waals surface area contributed by atoms with Crippen molar-refractivity contribution < 1.29 is 53.0 Å². The number of halogens is 2. The van der Waals surface area contributed by atoms with E-state index in [-0.39, 0.29) is 71.3 Å². The Morgan fingerprint density at radius 3 is 2.09 bits per heavy atom. The van der Waals surface area contributed by atoms with Gasteiger partial charge in [0.2, 0.25) is 0 Å². The summed E-state index contributed by atoms with van der Waals surface area (Å²) in [7, 11) is 1.80. The summed E-state index contributed by atoms with van der Waals surface area (Å²) in [5, 5.41) is 0. The molecule has 0 unspecified atom stereocenters. The minimum absolute atomic E-state index is 0. The zero-order valence-electron chi connectivity index (χ0n) is 14.4. The van der Waals surface area contributed by atoms with Gasteiger partial charge in [0.15, 0.2) is 0 Å². The van der Waals surface area contributed by atoms with Crippen molar-refractivity contribution in [2.24, 2.45) is 23.7 Å². The molecule has 23 heavy (non-hydrogen) atoms. The SMILES string of the molecule is COc1cc[c-]cc1C1(C)C2CC3CC(C2)CC1C3.[Br-].[Cl-].[Li+].[Mg+2]. The second-order valence-electron chi connectivity index (χ2n) is 7.21. The van der Waals surface area contributed by atoms with Crippen LogP contribution < -0.4 is 53.0 Å². The number of hydrogen-bond donors (Lipinski definition) is 0. The first-order valence-corrected chi connectivity index (χ1v) is 7.76. The van der Waals surface area contributed by atoms with Gasteiger partial charge in [0.1, 0.15) is 0 Å². The summed E-state index contributed by atoms with van der Waals surface area (Å²) >= 11 is 0. The molecule has 1 aromatic carbocycles. The zero-order chi connectivity index (χ0) is 13.0. The van der Waals surface area contributed by atoms with Crippen LogP contribution in [0, 0.1) is 29.7 Å². The van der Waals surface area contributed by atoms with Gasteiger partial charge in [-0.1, -0.05) is 6.92 Å². The molecule has 0 amide bonds. The van der Waals surface area contributed by atoms with Gasteiger partial charge in [-0.2, -0.15) is 18.2 Å². The smallest absolute Gasteiger partial charge is 1.00 e. The number of methoxy groups -OCH3 is 1. The third-order valence-electron chi connectivity index (χ3n) is 6.46. The second-order valence-corrected chi connectivity index (χ2v) is 7.21. The predicted octanol–water partition coefficient (Wildman–Crippen LogP) is -5.16. The summed E-state index contributed by atoms with van der Waals surface area (Å²) in [6.07, 6.45) is 7.30. The van der Waals surface area contributed by atoms with Gasteiger partial charge in [-0.05, 0) is 61.2 Å². The maximum atomic E-state index is 5.65. The van der Waals surface area contributed by atoms with Gasteiger partial charge < -0.3 is 34.1 Å². The first-order chi connectivity index (χ1) is 9.21. The molecule has 1 aromatic rings. The van der Waals surface area contributed by atoms with Crippen LogP contribution in [0.15, 0.2) is 18.2 Å².